The van der Waals surface area contributed by atoms with Crippen molar-refractivity contribution in [2.45, 2.75) is 6.42 Å². The lowest BCUT2D eigenvalue weighted by atomic mass is 10.1. The third-order valence-corrected chi connectivity index (χ3v) is 2.03. The molecule has 3 N–H and O–H groups in total. The molecule has 1 aromatic carbocycles. The first kappa shape index (κ1) is 12.0. The van der Waals surface area contributed by atoms with Gasteiger partial charge < -0.3 is 15.7 Å². The Kier molecular flexibility index (Phi) is 4.32. The van der Waals surface area contributed by atoms with Gasteiger partial charge in [0.15, 0.2) is 0 Å². The Balaban J connectivity index is 2.40. The van der Waals surface area contributed by atoms with Crippen LogP contribution >= 0.6 is 0 Å². The van der Waals surface area contributed by atoms with E-state index < -0.39 is 0 Å². The van der Waals surface area contributed by atoms with E-state index in [0.29, 0.717) is 0 Å². The molecule has 0 aromatic heterocycles. The number of rotatable bonds is 4. The molecule has 86 valence electrons. The fraction of sp³-hybridized carbons (Fsp3) is 0.273. The molecule has 0 unspecified atom stereocenters. The average Bonchev–Trinajstić information content (AvgIpc) is 2.29. The minimum Gasteiger partial charge on any atom is -0.508 e. The van der Waals surface area contributed by atoms with Gasteiger partial charge in [-0.2, -0.15) is 0 Å². The van der Waals surface area contributed by atoms with Crippen LogP contribution in [0.5, 0.6) is 5.75 Å². The summed E-state index contributed by atoms with van der Waals surface area (Å²) in [4.78, 5) is 22.2. The summed E-state index contributed by atoms with van der Waals surface area (Å²) in [5, 5.41) is 13.9. The molecule has 0 aliphatic rings. The van der Waals surface area contributed by atoms with Gasteiger partial charge in [0.2, 0.25) is 11.8 Å². The van der Waals surface area contributed by atoms with Crippen LogP contribution in [-0.4, -0.2) is 30.5 Å². The maximum absolute atomic E-state index is 11.4. The van der Waals surface area contributed by atoms with Gasteiger partial charge in [0.25, 0.3) is 0 Å². The molecule has 0 aliphatic carbocycles. The van der Waals surface area contributed by atoms with E-state index in [9.17, 15) is 9.59 Å². The molecule has 5 heteroatoms. The molecule has 0 saturated carbocycles. The number of phenolic OH excluding ortho intramolecular Hbond substituents is 1. The van der Waals surface area contributed by atoms with Gasteiger partial charge in [-0.1, -0.05) is 12.1 Å². The number of carbonyl (C=O) groups is 2. The number of aromatic hydroxyl groups is 1. The first-order valence-electron chi connectivity index (χ1n) is 4.87. The predicted octanol–water partition coefficient (Wildman–Crippen LogP) is -0.203. The SMILES string of the molecule is CNC(=O)CNC(=O)Cc1ccc(O)cc1. The van der Waals surface area contributed by atoms with Crippen LogP contribution in [0, 0.1) is 0 Å². The Bertz CT molecular complexity index is 373. The van der Waals surface area contributed by atoms with Crippen molar-refractivity contribution < 1.29 is 14.7 Å². The zero-order valence-corrected chi connectivity index (χ0v) is 8.99. The number of likely N-dealkylation sites (N-methyl/N-ethyl adjacent to an activating group) is 1. The molecule has 1 aromatic rings. The van der Waals surface area contributed by atoms with E-state index in [1.54, 1.807) is 12.1 Å². The van der Waals surface area contributed by atoms with Gasteiger partial charge in [-0.25, -0.2) is 0 Å². The molecule has 0 atom stereocenters. The van der Waals surface area contributed by atoms with E-state index >= 15 is 0 Å². The third kappa shape index (κ3) is 4.00. The summed E-state index contributed by atoms with van der Waals surface area (Å²) in [6.45, 7) is -0.0204. The van der Waals surface area contributed by atoms with Gasteiger partial charge in [-0.3, -0.25) is 9.59 Å². The summed E-state index contributed by atoms with van der Waals surface area (Å²) in [5.74, 6) is -0.303. The highest BCUT2D eigenvalue weighted by atomic mass is 16.3. The van der Waals surface area contributed by atoms with E-state index in [1.807, 2.05) is 0 Å². The van der Waals surface area contributed by atoms with Crippen molar-refractivity contribution in [3.8, 4) is 5.75 Å². The highest BCUT2D eigenvalue weighted by Crippen LogP contribution is 2.09. The van der Waals surface area contributed by atoms with Crippen molar-refractivity contribution in [3.05, 3.63) is 29.8 Å². The molecule has 16 heavy (non-hydrogen) atoms. The summed E-state index contributed by atoms with van der Waals surface area (Å²) in [7, 11) is 1.51. The number of benzene rings is 1. The lowest BCUT2D eigenvalue weighted by Gasteiger charge is -2.04. The smallest absolute Gasteiger partial charge is 0.239 e. The number of hydrogen-bond acceptors (Lipinski definition) is 3. The van der Waals surface area contributed by atoms with Crippen molar-refractivity contribution in [3.63, 3.8) is 0 Å². The highest BCUT2D eigenvalue weighted by molar-refractivity contribution is 5.85. The topological polar surface area (TPSA) is 78.4 Å². The number of nitrogens with one attached hydrogen (secondary N) is 2. The second-order valence-electron chi connectivity index (χ2n) is 3.29. The van der Waals surface area contributed by atoms with Crippen molar-refractivity contribution in [2.75, 3.05) is 13.6 Å². The Hall–Kier alpha value is -2.04. The highest BCUT2D eigenvalue weighted by Gasteiger charge is 2.05. The van der Waals surface area contributed by atoms with Gasteiger partial charge in [-0.15, -0.1) is 0 Å². The van der Waals surface area contributed by atoms with Crippen molar-refractivity contribution >= 4 is 11.8 Å². The van der Waals surface area contributed by atoms with Crippen LogP contribution in [-0.2, 0) is 16.0 Å². The van der Waals surface area contributed by atoms with Crippen molar-refractivity contribution in [2.24, 2.45) is 0 Å². The second kappa shape index (κ2) is 5.75. The molecule has 0 fully saturated rings. The quantitative estimate of drug-likeness (QED) is 0.660. The number of hydrogen-bond donors (Lipinski definition) is 3. The number of carbonyl (C=O) groups excluding carboxylic acids is 2. The van der Waals surface area contributed by atoms with E-state index in [-0.39, 0.29) is 30.5 Å². The molecule has 0 spiro atoms. The summed E-state index contributed by atoms with van der Waals surface area (Å²) in [5.41, 5.74) is 0.784. The summed E-state index contributed by atoms with van der Waals surface area (Å²) >= 11 is 0. The van der Waals surface area contributed by atoms with Gasteiger partial charge in [0.1, 0.15) is 5.75 Å². The van der Waals surface area contributed by atoms with Crippen LogP contribution in [0.2, 0.25) is 0 Å². The van der Waals surface area contributed by atoms with Crippen LogP contribution in [0.3, 0.4) is 0 Å². The Morgan fingerprint density at radius 2 is 1.81 bits per heavy atom. The molecule has 0 saturated heterocycles. The van der Waals surface area contributed by atoms with Gasteiger partial charge in [-0.05, 0) is 17.7 Å². The van der Waals surface area contributed by atoms with Crippen molar-refractivity contribution in [1.82, 2.24) is 10.6 Å². The molecule has 0 aliphatic heterocycles. The molecule has 1 rings (SSSR count). The normalized spacial score (nSPS) is 9.56. The lowest BCUT2D eigenvalue weighted by Crippen LogP contribution is -2.35. The second-order valence-corrected chi connectivity index (χ2v) is 3.29. The summed E-state index contributed by atoms with van der Waals surface area (Å²) in [6.07, 6.45) is 0.192. The minimum absolute atomic E-state index is 0.0204. The first-order chi connectivity index (χ1) is 7.61. The molecule has 0 radical (unpaired) electrons. The minimum atomic E-state index is -0.237. The summed E-state index contributed by atoms with van der Waals surface area (Å²) in [6, 6.07) is 6.35. The number of phenols is 1. The standard InChI is InChI=1S/C11H14N2O3/c1-12-11(16)7-13-10(15)6-8-2-4-9(14)5-3-8/h2-5,14H,6-7H2,1H3,(H,12,16)(H,13,15). The maximum Gasteiger partial charge on any atom is 0.239 e. The van der Waals surface area contributed by atoms with Crippen LogP contribution in [0.1, 0.15) is 5.56 Å². The fourth-order valence-electron chi connectivity index (χ4n) is 1.13. The van der Waals surface area contributed by atoms with E-state index in [0.717, 1.165) is 5.56 Å². The lowest BCUT2D eigenvalue weighted by molar-refractivity contribution is -0.125. The molecular formula is C11H14N2O3. The van der Waals surface area contributed by atoms with Crippen LogP contribution in [0.4, 0.5) is 0 Å². The van der Waals surface area contributed by atoms with Crippen LogP contribution in [0.15, 0.2) is 24.3 Å². The van der Waals surface area contributed by atoms with Crippen LogP contribution < -0.4 is 10.6 Å². The molecule has 5 nitrogen and oxygen atoms in total. The third-order valence-electron chi connectivity index (χ3n) is 2.03. The number of amides is 2. The molecule has 2 amide bonds. The maximum atomic E-state index is 11.4. The summed E-state index contributed by atoms with van der Waals surface area (Å²) < 4.78 is 0. The Morgan fingerprint density at radius 3 is 2.38 bits per heavy atom. The molecule has 0 bridgehead atoms. The monoisotopic (exact) mass is 222 g/mol. The van der Waals surface area contributed by atoms with Gasteiger partial charge in [0, 0.05) is 7.05 Å². The molecule has 0 heterocycles. The first-order valence-corrected chi connectivity index (χ1v) is 4.87. The van der Waals surface area contributed by atoms with E-state index in [4.69, 9.17) is 5.11 Å². The largest absolute Gasteiger partial charge is 0.508 e. The zero-order chi connectivity index (χ0) is 12.0. The van der Waals surface area contributed by atoms with Gasteiger partial charge >= 0.3 is 0 Å². The Labute approximate surface area is 93.5 Å². The van der Waals surface area contributed by atoms with Crippen molar-refractivity contribution in [1.29, 1.82) is 0 Å². The van der Waals surface area contributed by atoms with Gasteiger partial charge in [0.05, 0.1) is 13.0 Å². The zero-order valence-electron chi connectivity index (χ0n) is 8.99. The average molecular weight is 222 g/mol. The van der Waals surface area contributed by atoms with E-state index in [1.165, 1.54) is 19.2 Å². The van der Waals surface area contributed by atoms with E-state index in [2.05, 4.69) is 10.6 Å². The Morgan fingerprint density at radius 1 is 1.19 bits per heavy atom. The molecular weight excluding hydrogens is 208 g/mol. The fourth-order valence-corrected chi connectivity index (χ4v) is 1.13. The van der Waals surface area contributed by atoms with Crippen LogP contribution in [0.25, 0.3) is 0 Å². The predicted molar refractivity (Wildman–Crippen MR) is 58.9 cm³/mol.